The van der Waals surface area contributed by atoms with Crippen molar-refractivity contribution in [1.29, 1.82) is 0 Å². The molecule has 164 valence electrons. The number of aliphatic hydroxyl groups excluding tert-OH is 1. The first-order valence-corrected chi connectivity index (χ1v) is 11.8. The van der Waals surface area contributed by atoms with Crippen LogP contribution in [0.3, 0.4) is 0 Å². The lowest BCUT2D eigenvalue weighted by Crippen LogP contribution is -2.41. The molecule has 6 nitrogen and oxygen atoms in total. The number of fused-ring (bicyclic) bond motifs is 1. The zero-order chi connectivity index (χ0) is 21.5. The van der Waals surface area contributed by atoms with Crippen LogP contribution in [-0.4, -0.2) is 76.9 Å². The molecule has 4 atom stereocenters. The van der Waals surface area contributed by atoms with Gasteiger partial charge in [0, 0.05) is 25.4 Å². The first kappa shape index (κ1) is 20.7. The SMILES string of the molecule is COc1ccc(C2=CC(=O)N3C=C(N4CC(O)[C@@H](N5CCCC5)C4)C=CC3P2)cc1F. The minimum Gasteiger partial charge on any atom is -0.494 e. The minimum atomic E-state index is -0.429. The largest absolute Gasteiger partial charge is 0.494 e. The van der Waals surface area contributed by atoms with Gasteiger partial charge in [-0.25, -0.2) is 4.39 Å². The molecule has 0 spiro atoms. The fourth-order valence-corrected chi connectivity index (χ4v) is 6.25. The van der Waals surface area contributed by atoms with Crippen LogP contribution in [0.5, 0.6) is 5.75 Å². The molecular weight excluding hydrogens is 416 g/mol. The molecule has 3 unspecified atom stereocenters. The van der Waals surface area contributed by atoms with Crippen LogP contribution >= 0.6 is 8.58 Å². The smallest absolute Gasteiger partial charge is 0.252 e. The summed E-state index contributed by atoms with van der Waals surface area (Å²) in [4.78, 5) is 19.2. The molecule has 0 saturated carbocycles. The Balaban J connectivity index is 1.32. The van der Waals surface area contributed by atoms with E-state index in [2.05, 4.69) is 15.9 Å². The summed E-state index contributed by atoms with van der Waals surface area (Å²) in [6, 6.07) is 4.97. The second-order valence-corrected chi connectivity index (χ2v) is 9.86. The van der Waals surface area contributed by atoms with E-state index in [0.29, 0.717) is 20.7 Å². The zero-order valence-electron chi connectivity index (χ0n) is 17.5. The molecule has 8 heteroatoms. The van der Waals surface area contributed by atoms with E-state index in [1.807, 2.05) is 12.3 Å². The standard InChI is InChI=1S/C23H27FN3O3P/c1-30-20-6-4-15(10-17(20)24)21-11-22(29)27-12-16(5-7-23(27)31-21)26-13-18(19(28)14-26)25-8-2-3-9-25/h4-7,10-12,18-19,23,28,31H,2-3,8-9,13-14H2,1H3/t18-,19?,23?/m0/s1. The quantitative estimate of drug-likeness (QED) is 0.725. The van der Waals surface area contributed by atoms with Gasteiger partial charge in [0.15, 0.2) is 11.6 Å². The highest BCUT2D eigenvalue weighted by atomic mass is 31.1. The predicted molar refractivity (Wildman–Crippen MR) is 119 cm³/mol. The Hall–Kier alpha value is -2.21. The Bertz CT molecular complexity index is 973. The van der Waals surface area contributed by atoms with Gasteiger partial charge in [0.2, 0.25) is 0 Å². The molecule has 0 aromatic heterocycles. The van der Waals surface area contributed by atoms with Crippen molar-refractivity contribution >= 4 is 19.8 Å². The van der Waals surface area contributed by atoms with E-state index >= 15 is 0 Å². The summed E-state index contributed by atoms with van der Waals surface area (Å²) in [7, 11) is 1.76. The van der Waals surface area contributed by atoms with Crippen molar-refractivity contribution in [2.45, 2.75) is 30.8 Å². The monoisotopic (exact) mass is 443 g/mol. The number of ether oxygens (including phenoxy) is 1. The predicted octanol–water partition coefficient (Wildman–Crippen LogP) is 2.57. The maximum absolute atomic E-state index is 14.1. The maximum Gasteiger partial charge on any atom is 0.252 e. The Morgan fingerprint density at radius 2 is 2.03 bits per heavy atom. The number of amides is 1. The van der Waals surface area contributed by atoms with Gasteiger partial charge in [-0.15, -0.1) is 0 Å². The van der Waals surface area contributed by atoms with Crippen LogP contribution in [0.2, 0.25) is 0 Å². The molecule has 4 aliphatic rings. The Morgan fingerprint density at radius 3 is 2.77 bits per heavy atom. The van der Waals surface area contributed by atoms with Gasteiger partial charge in [-0.2, -0.15) is 0 Å². The van der Waals surface area contributed by atoms with Gasteiger partial charge in [0.1, 0.15) is 0 Å². The van der Waals surface area contributed by atoms with Crippen molar-refractivity contribution in [1.82, 2.24) is 14.7 Å². The van der Waals surface area contributed by atoms with E-state index in [-0.39, 0.29) is 29.6 Å². The molecule has 31 heavy (non-hydrogen) atoms. The number of likely N-dealkylation sites (tertiary alicyclic amines) is 2. The summed E-state index contributed by atoms with van der Waals surface area (Å²) in [5, 5.41) is 11.4. The number of rotatable bonds is 4. The highest BCUT2D eigenvalue weighted by Crippen LogP contribution is 2.45. The number of β-amino-alcohol motifs (C(OH)–C–C–N with tert-alkyl or cyclic N) is 1. The molecule has 1 aromatic carbocycles. The molecule has 1 amide bonds. The number of hydrogen-bond acceptors (Lipinski definition) is 5. The average Bonchev–Trinajstić information content (AvgIpc) is 3.43. The van der Waals surface area contributed by atoms with Crippen LogP contribution in [0.1, 0.15) is 18.4 Å². The Kier molecular flexibility index (Phi) is 5.59. The van der Waals surface area contributed by atoms with Crippen molar-refractivity contribution < 1.29 is 19.0 Å². The molecule has 5 rings (SSSR count). The molecule has 2 saturated heterocycles. The molecule has 4 aliphatic heterocycles. The lowest BCUT2D eigenvalue weighted by molar-refractivity contribution is -0.123. The minimum absolute atomic E-state index is 0.0664. The fourth-order valence-electron chi connectivity index (χ4n) is 4.87. The number of aliphatic hydroxyl groups is 1. The Labute approximate surface area is 183 Å². The van der Waals surface area contributed by atoms with Crippen LogP contribution in [0.4, 0.5) is 4.39 Å². The van der Waals surface area contributed by atoms with Crippen LogP contribution < -0.4 is 4.74 Å². The lowest BCUT2D eigenvalue weighted by Gasteiger charge is -2.35. The third-order valence-corrected chi connectivity index (χ3v) is 8.05. The first-order chi connectivity index (χ1) is 15.0. The number of halogens is 1. The summed E-state index contributed by atoms with van der Waals surface area (Å²) >= 11 is 0. The number of benzene rings is 1. The summed E-state index contributed by atoms with van der Waals surface area (Å²) in [5.41, 5.74) is 1.67. The van der Waals surface area contributed by atoms with Crippen LogP contribution in [0, 0.1) is 5.82 Å². The molecule has 0 radical (unpaired) electrons. The number of carbonyl (C=O) groups excluding carboxylic acids is 1. The van der Waals surface area contributed by atoms with Crippen molar-refractivity contribution in [3.8, 4) is 5.75 Å². The van der Waals surface area contributed by atoms with Gasteiger partial charge in [0.25, 0.3) is 5.91 Å². The molecule has 1 aromatic rings. The number of hydrogen-bond donors (Lipinski definition) is 1. The fraction of sp³-hybridized carbons (Fsp3) is 0.435. The van der Waals surface area contributed by atoms with Crippen LogP contribution in [-0.2, 0) is 4.79 Å². The Morgan fingerprint density at radius 1 is 1.23 bits per heavy atom. The molecule has 0 aliphatic carbocycles. The third-order valence-electron chi connectivity index (χ3n) is 6.54. The third kappa shape index (κ3) is 3.91. The van der Waals surface area contributed by atoms with Gasteiger partial charge in [-0.05, 0) is 55.0 Å². The molecule has 4 heterocycles. The van der Waals surface area contributed by atoms with E-state index in [9.17, 15) is 14.3 Å². The number of allylic oxidation sites excluding steroid dienone is 1. The van der Waals surface area contributed by atoms with Gasteiger partial charge in [-0.3, -0.25) is 9.69 Å². The van der Waals surface area contributed by atoms with Gasteiger partial charge in [0.05, 0.1) is 30.7 Å². The van der Waals surface area contributed by atoms with E-state index in [0.717, 1.165) is 30.6 Å². The number of carbonyl (C=O) groups is 1. The van der Waals surface area contributed by atoms with Crippen LogP contribution in [0.15, 0.2) is 48.3 Å². The first-order valence-electron chi connectivity index (χ1n) is 10.7. The van der Waals surface area contributed by atoms with Crippen molar-refractivity contribution in [3.63, 3.8) is 0 Å². The second kappa shape index (κ2) is 8.38. The van der Waals surface area contributed by atoms with E-state index in [1.165, 1.54) is 26.0 Å². The van der Waals surface area contributed by atoms with Crippen molar-refractivity contribution in [2.24, 2.45) is 0 Å². The molecule has 2 fully saturated rings. The van der Waals surface area contributed by atoms with E-state index < -0.39 is 5.82 Å². The highest BCUT2D eigenvalue weighted by Gasteiger charge is 2.38. The van der Waals surface area contributed by atoms with Gasteiger partial charge in [-0.1, -0.05) is 20.7 Å². The summed E-state index contributed by atoms with van der Waals surface area (Å²) in [6.07, 6.45) is 9.63. The lowest BCUT2D eigenvalue weighted by atomic mass is 10.1. The zero-order valence-corrected chi connectivity index (χ0v) is 18.5. The molecule has 0 bridgehead atoms. The van der Waals surface area contributed by atoms with E-state index in [1.54, 1.807) is 23.1 Å². The van der Waals surface area contributed by atoms with E-state index in [4.69, 9.17) is 4.74 Å². The van der Waals surface area contributed by atoms with Crippen LogP contribution in [0.25, 0.3) is 5.31 Å². The topological polar surface area (TPSA) is 56.3 Å². The molecule has 1 N–H and O–H groups in total. The van der Waals surface area contributed by atoms with Gasteiger partial charge >= 0.3 is 0 Å². The number of nitrogens with zero attached hydrogens (tertiary/aromatic N) is 3. The summed E-state index contributed by atoms with van der Waals surface area (Å²) in [5.74, 6) is -0.403. The normalized spacial score (nSPS) is 29.4. The van der Waals surface area contributed by atoms with Crippen molar-refractivity contribution in [3.05, 3.63) is 59.7 Å². The average molecular weight is 443 g/mol. The van der Waals surface area contributed by atoms with Crippen molar-refractivity contribution in [2.75, 3.05) is 33.3 Å². The number of methoxy groups -OCH3 is 1. The van der Waals surface area contributed by atoms with Gasteiger partial charge < -0.3 is 19.6 Å². The second-order valence-electron chi connectivity index (χ2n) is 8.44. The highest BCUT2D eigenvalue weighted by molar-refractivity contribution is 7.51. The molecular formula is C23H27FN3O3P. The summed E-state index contributed by atoms with van der Waals surface area (Å²) < 4.78 is 19.1. The summed E-state index contributed by atoms with van der Waals surface area (Å²) in [6.45, 7) is 3.46. The maximum atomic E-state index is 14.1.